The summed E-state index contributed by atoms with van der Waals surface area (Å²) < 4.78 is 0. The van der Waals surface area contributed by atoms with E-state index in [1.807, 2.05) is 27.7 Å². The van der Waals surface area contributed by atoms with E-state index in [0.717, 1.165) is 6.42 Å². The number of urea groups is 1. The van der Waals surface area contributed by atoms with E-state index < -0.39 is 5.97 Å². The molecule has 0 saturated heterocycles. The van der Waals surface area contributed by atoms with Crippen LogP contribution in [0, 0.1) is 11.3 Å². The Labute approximate surface area is 122 Å². The van der Waals surface area contributed by atoms with Crippen molar-refractivity contribution in [2.24, 2.45) is 11.3 Å². The van der Waals surface area contributed by atoms with Gasteiger partial charge in [0.2, 0.25) is 0 Å². The van der Waals surface area contributed by atoms with Gasteiger partial charge in [-0.3, -0.25) is 4.79 Å². The van der Waals surface area contributed by atoms with Crippen molar-refractivity contribution in [1.82, 2.24) is 10.2 Å². The number of carbonyl (C=O) groups excluding carboxylic acids is 1. The van der Waals surface area contributed by atoms with Gasteiger partial charge in [0.15, 0.2) is 0 Å². The summed E-state index contributed by atoms with van der Waals surface area (Å²) >= 11 is 0. The normalized spacial score (nSPS) is 14.5. The molecule has 0 heterocycles. The summed E-state index contributed by atoms with van der Waals surface area (Å²) in [6.45, 7) is 13.3. The number of carboxylic acid groups (broad SMARTS) is 1. The van der Waals surface area contributed by atoms with Crippen molar-refractivity contribution in [2.45, 2.75) is 60.4 Å². The Hall–Kier alpha value is -1.26. The molecule has 118 valence electrons. The third-order valence-corrected chi connectivity index (χ3v) is 3.62. The fraction of sp³-hybridized carbons (Fsp3) is 0.867. The summed E-state index contributed by atoms with van der Waals surface area (Å²) in [6, 6.07) is -0.549. The lowest BCUT2D eigenvalue weighted by Gasteiger charge is -2.33. The summed E-state index contributed by atoms with van der Waals surface area (Å²) in [5.41, 5.74) is -0.288. The molecule has 5 nitrogen and oxygen atoms in total. The Kier molecular flexibility index (Phi) is 7.61. The minimum atomic E-state index is -0.893. The lowest BCUT2D eigenvalue weighted by atomic mass is 9.85. The Bertz CT molecular complexity index is 324. The van der Waals surface area contributed by atoms with Gasteiger partial charge in [0, 0.05) is 19.1 Å². The van der Waals surface area contributed by atoms with E-state index in [-0.39, 0.29) is 23.9 Å². The third-order valence-electron chi connectivity index (χ3n) is 3.62. The summed E-state index contributed by atoms with van der Waals surface area (Å²) in [5.74, 6) is -0.455. The van der Waals surface area contributed by atoms with E-state index in [9.17, 15) is 9.59 Å². The minimum absolute atomic E-state index is 0.0594. The number of hydrogen-bond donors (Lipinski definition) is 2. The fourth-order valence-electron chi connectivity index (χ4n) is 1.85. The van der Waals surface area contributed by atoms with Crippen LogP contribution < -0.4 is 5.32 Å². The Balaban J connectivity index is 4.75. The van der Waals surface area contributed by atoms with Crippen molar-refractivity contribution in [3.8, 4) is 0 Å². The predicted molar refractivity (Wildman–Crippen MR) is 80.7 cm³/mol. The molecule has 0 aromatic carbocycles. The molecule has 0 spiro atoms. The first-order chi connectivity index (χ1) is 9.11. The molecule has 0 aromatic heterocycles. The molecule has 0 aliphatic rings. The van der Waals surface area contributed by atoms with Crippen LogP contribution in [0.5, 0.6) is 0 Å². The number of aliphatic carboxylic acids is 1. The summed E-state index contributed by atoms with van der Waals surface area (Å²) in [4.78, 5) is 25.0. The smallest absolute Gasteiger partial charge is 0.317 e. The van der Waals surface area contributed by atoms with Gasteiger partial charge in [-0.15, -0.1) is 0 Å². The molecule has 0 bridgehead atoms. The van der Waals surface area contributed by atoms with Crippen molar-refractivity contribution < 1.29 is 14.7 Å². The lowest BCUT2D eigenvalue weighted by molar-refractivity contribution is -0.138. The highest BCUT2D eigenvalue weighted by molar-refractivity contribution is 5.76. The van der Waals surface area contributed by atoms with Gasteiger partial charge >= 0.3 is 12.0 Å². The second-order valence-electron chi connectivity index (χ2n) is 6.52. The number of carbonyl (C=O) groups is 2. The zero-order valence-electron chi connectivity index (χ0n) is 13.7. The van der Waals surface area contributed by atoms with Crippen LogP contribution in [-0.2, 0) is 4.79 Å². The molecule has 2 N–H and O–H groups in total. The second-order valence-corrected chi connectivity index (χ2v) is 6.52. The molecular formula is C15H30N2O3. The molecule has 0 fully saturated rings. The molecule has 0 aromatic rings. The van der Waals surface area contributed by atoms with Gasteiger partial charge in [-0.2, -0.15) is 0 Å². The van der Waals surface area contributed by atoms with Crippen LogP contribution in [0.4, 0.5) is 4.79 Å². The van der Waals surface area contributed by atoms with Crippen molar-refractivity contribution in [1.29, 1.82) is 0 Å². The Morgan fingerprint density at radius 2 is 1.80 bits per heavy atom. The molecule has 2 unspecified atom stereocenters. The summed E-state index contributed by atoms with van der Waals surface area (Å²) in [5, 5.41) is 11.8. The number of hydrogen-bond acceptors (Lipinski definition) is 2. The van der Waals surface area contributed by atoms with E-state index in [1.54, 1.807) is 4.90 Å². The standard InChI is InChI=1S/C15H30N2O3/c1-7-11(3)10-17(8-2)14(20)16-12(9-13(18)19)15(4,5)6/h11-12H,7-10H2,1-6H3,(H,16,20)(H,18,19). The van der Waals surface area contributed by atoms with Crippen LogP contribution in [0.15, 0.2) is 0 Å². The summed E-state index contributed by atoms with van der Waals surface area (Å²) in [6.07, 6.45) is 0.956. The molecule has 2 amide bonds. The van der Waals surface area contributed by atoms with Crippen LogP contribution in [0.1, 0.15) is 54.4 Å². The van der Waals surface area contributed by atoms with Gasteiger partial charge in [0.05, 0.1) is 6.42 Å². The Morgan fingerprint density at radius 1 is 1.25 bits per heavy atom. The molecule has 0 rings (SSSR count). The first-order valence-corrected chi connectivity index (χ1v) is 7.39. The maximum absolute atomic E-state index is 12.3. The zero-order valence-corrected chi connectivity index (χ0v) is 13.7. The second kappa shape index (κ2) is 8.12. The van der Waals surface area contributed by atoms with Crippen LogP contribution in [-0.4, -0.2) is 41.1 Å². The first-order valence-electron chi connectivity index (χ1n) is 7.39. The van der Waals surface area contributed by atoms with Gasteiger partial charge in [-0.05, 0) is 18.3 Å². The van der Waals surface area contributed by atoms with Crippen LogP contribution in [0.3, 0.4) is 0 Å². The first kappa shape index (κ1) is 18.7. The number of nitrogens with one attached hydrogen (secondary N) is 1. The molecule has 0 radical (unpaired) electrons. The van der Waals surface area contributed by atoms with Crippen molar-refractivity contribution >= 4 is 12.0 Å². The highest BCUT2D eigenvalue weighted by Crippen LogP contribution is 2.22. The summed E-state index contributed by atoms with van der Waals surface area (Å²) in [7, 11) is 0. The van der Waals surface area contributed by atoms with Gasteiger partial charge in [0.25, 0.3) is 0 Å². The van der Waals surface area contributed by atoms with Crippen LogP contribution >= 0.6 is 0 Å². The molecule has 5 heteroatoms. The van der Waals surface area contributed by atoms with E-state index in [4.69, 9.17) is 5.11 Å². The number of rotatable bonds is 7. The monoisotopic (exact) mass is 286 g/mol. The van der Waals surface area contributed by atoms with Crippen LogP contribution in [0.2, 0.25) is 0 Å². The Morgan fingerprint density at radius 3 is 2.15 bits per heavy atom. The van der Waals surface area contributed by atoms with Gasteiger partial charge in [0.1, 0.15) is 0 Å². The topological polar surface area (TPSA) is 69.6 Å². The number of nitrogens with zero attached hydrogens (tertiary/aromatic N) is 1. The third kappa shape index (κ3) is 6.78. The number of carboxylic acids is 1. The average Bonchev–Trinajstić information content (AvgIpc) is 2.32. The highest BCUT2D eigenvalue weighted by Gasteiger charge is 2.29. The maximum atomic E-state index is 12.3. The van der Waals surface area contributed by atoms with Gasteiger partial charge < -0.3 is 15.3 Å². The zero-order chi connectivity index (χ0) is 15.9. The van der Waals surface area contributed by atoms with Gasteiger partial charge in [-0.1, -0.05) is 41.0 Å². The lowest BCUT2D eigenvalue weighted by Crippen LogP contribution is -2.51. The van der Waals surface area contributed by atoms with Crippen LogP contribution in [0.25, 0.3) is 0 Å². The average molecular weight is 286 g/mol. The molecular weight excluding hydrogens is 256 g/mol. The predicted octanol–water partition coefficient (Wildman–Crippen LogP) is 2.95. The molecule has 20 heavy (non-hydrogen) atoms. The highest BCUT2D eigenvalue weighted by atomic mass is 16.4. The molecule has 0 aliphatic carbocycles. The maximum Gasteiger partial charge on any atom is 0.317 e. The van der Waals surface area contributed by atoms with E-state index >= 15 is 0 Å². The van der Waals surface area contributed by atoms with Crippen molar-refractivity contribution in [3.05, 3.63) is 0 Å². The largest absolute Gasteiger partial charge is 0.481 e. The quantitative estimate of drug-likeness (QED) is 0.756. The molecule has 2 atom stereocenters. The van der Waals surface area contributed by atoms with E-state index in [0.29, 0.717) is 19.0 Å². The van der Waals surface area contributed by atoms with Crippen molar-refractivity contribution in [3.63, 3.8) is 0 Å². The SMILES string of the molecule is CCC(C)CN(CC)C(=O)NC(CC(=O)O)C(C)(C)C. The molecule has 0 saturated carbocycles. The van der Waals surface area contributed by atoms with E-state index in [1.165, 1.54) is 0 Å². The van der Waals surface area contributed by atoms with Gasteiger partial charge in [-0.25, -0.2) is 4.79 Å². The fourth-order valence-corrected chi connectivity index (χ4v) is 1.85. The van der Waals surface area contributed by atoms with E-state index in [2.05, 4.69) is 19.2 Å². The number of amides is 2. The molecule has 0 aliphatic heterocycles. The minimum Gasteiger partial charge on any atom is -0.481 e. The van der Waals surface area contributed by atoms with Crippen molar-refractivity contribution in [2.75, 3.05) is 13.1 Å².